The van der Waals surface area contributed by atoms with Gasteiger partial charge in [0.05, 0.1) is 6.54 Å². The third-order valence-electron chi connectivity index (χ3n) is 6.42. The number of benzene rings is 2. The summed E-state index contributed by atoms with van der Waals surface area (Å²) in [5.41, 5.74) is 3.93. The van der Waals surface area contributed by atoms with Gasteiger partial charge in [0.2, 0.25) is 5.91 Å². The number of carbonyl (C=O) groups excluding carboxylic acids is 2. The van der Waals surface area contributed by atoms with Gasteiger partial charge in [0.25, 0.3) is 5.91 Å². The molecule has 2 aromatic carbocycles. The highest BCUT2D eigenvalue weighted by atomic mass is 16.6. The van der Waals surface area contributed by atoms with Gasteiger partial charge in [-0.15, -0.1) is 0 Å². The molecule has 0 unspecified atom stereocenters. The van der Waals surface area contributed by atoms with E-state index in [1.54, 1.807) is 16.8 Å². The third kappa shape index (κ3) is 2.38. The molecule has 4 heterocycles. The van der Waals surface area contributed by atoms with E-state index in [0.717, 1.165) is 27.7 Å². The SMILES string of the molecule is CN1C(=O)[C@@H]2Cc3c([nH]c4ccccc34)CN2C(=O)[C@@H]1c1ccc2c(c1)OCCO2. The predicted octanol–water partition coefficient (Wildman–Crippen LogP) is 2.41. The molecule has 0 saturated carbocycles. The van der Waals surface area contributed by atoms with Crippen LogP contribution in [0.4, 0.5) is 0 Å². The van der Waals surface area contributed by atoms with Crippen molar-refractivity contribution >= 4 is 22.7 Å². The van der Waals surface area contributed by atoms with Gasteiger partial charge in [-0.1, -0.05) is 24.3 Å². The molecule has 7 heteroatoms. The number of amides is 2. The largest absolute Gasteiger partial charge is 0.486 e. The lowest BCUT2D eigenvalue weighted by atomic mass is 9.90. The first-order valence-corrected chi connectivity index (χ1v) is 10.2. The van der Waals surface area contributed by atoms with Crippen molar-refractivity contribution in [1.82, 2.24) is 14.8 Å². The van der Waals surface area contributed by atoms with E-state index in [4.69, 9.17) is 9.47 Å². The molecular weight excluding hydrogens is 382 g/mol. The number of nitrogens with zero attached hydrogens (tertiary/aromatic N) is 2. The predicted molar refractivity (Wildman–Crippen MR) is 109 cm³/mol. The summed E-state index contributed by atoms with van der Waals surface area (Å²) in [4.78, 5) is 33.6. The molecule has 3 aliphatic rings. The Balaban J connectivity index is 1.39. The zero-order valence-corrected chi connectivity index (χ0v) is 16.6. The monoisotopic (exact) mass is 403 g/mol. The minimum absolute atomic E-state index is 0.0366. The number of ether oxygens (including phenoxy) is 2. The molecule has 1 fully saturated rings. The summed E-state index contributed by atoms with van der Waals surface area (Å²) >= 11 is 0. The van der Waals surface area contributed by atoms with Crippen LogP contribution >= 0.6 is 0 Å². The van der Waals surface area contributed by atoms with Gasteiger partial charge in [0.15, 0.2) is 11.5 Å². The van der Waals surface area contributed by atoms with Gasteiger partial charge >= 0.3 is 0 Å². The van der Waals surface area contributed by atoms with E-state index in [1.165, 1.54) is 0 Å². The second-order valence-electron chi connectivity index (χ2n) is 8.07. The van der Waals surface area contributed by atoms with E-state index in [1.807, 2.05) is 36.4 Å². The van der Waals surface area contributed by atoms with Crippen LogP contribution in [-0.2, 0) is 22.6 Å². The summed E-state index contributed by atoms with van der Waals surface area (Å²) in [6.07, 6.45) is 0.530. The van der Waals surface area contributed by atoms with Crippen LogP contribution in [0.25, 0.3) is 10.9 Å². The fraction of sp³-hybridized carbons (Fsp3) is 0.304. The Morgan fingerprint density at radius 2 is 1.80 bits per heavy atom. The summed E-state index contributed by atoms with van der Waals surface area (Å²) in [6, 6.07) is 12.4. The molecule has 3 aliphatic heterocycles. The number of hydrogen-bond acceptors (Lipinski definition) is 4. The van der Waals surface area contributed by atoms with E-state index in [9.17, 15) is 9.59 Å². The van der Waals surface area contributed by atoms with Gasteiger partial charge in [-0.3, -0.25) is 9.59 Å². The van der Waals surface area contributed by atoms with E-state index >= 15 is 0 Å². The van der Waals surface area contributed by atoms with Crippen molar-refractivity contribution in [3.05, 3.63) is 59.3 Å². The van der Waals surface area contributed by atoms with Gasteiger partial charge in [-0.2, -0.15) is 0 Å². The van der Waals surface area contributed by atoms with Gasteiger partial charge in [-0.05, 0) is 29.3 Å². The Labute approximate surface area is 173 Å². The molecule has 1 N–H and O–H groups in total. The quantitative estimate of drug-likeness (QED) is 0.677. The van der Waals surface area contributed by atoms with Crippen LogP contribution in [0.1, 0.15) is 22.9 Å². The van der Waals surface area contributed by atoms with Crippen molar-refractivity contribution in [2.75, 3.05) is 20.3 Å². The van der Waals surface area contributed by atoms with E-state index in [-0.39, 0.29) is 11.8 Å². The Kier molecular flexibility index (Phi) is 3.63. The van der Waals surface area contributed by atoms with Crippen LogP contribution in [0, 0.1) is 0 Å². The topological polar surface area (TPSA) is 74.9 Å². The summed E-state index contributed by atoms with van der Waals surface area (Å²) in [7, 11) is 1.71. The van der Waals surface area contributed by atoms with Crippen molar-refractivity contribution in [2.24, 2.45) is 0 Å². The number of rotatable bonds is 1. The number of piperazine rings is 1. The van der Waals surface area contributed by atoms with Crippen LogP contribution < -0.4 is 9.47 Å². The maximum Gasteiger partial charge on any atom is 0.251 e. The van der Waals surface area contributed by atoms with Gasteiger partial charge in [-0.25, -0.2) is 0 Å². The number of aromatic amines is 1. The Bertz CT molecular complexity index is 1200. The average molecular weight is 403 g/mol. The highest BCUT2D eigenvalue weighted by Gasteiger charge is 2.47. The first kappa shape index (κ1) is 17.4. The first-order chi connectivity index (χ1) is 14.6. The maximum absolute atomic E-state index is 13.6. The number of nitrogens with one attached hydrogen (secondary N) is 1. The third-order valence-corrected chi connectivity index (χ3v) is 6.42. The van der Waals surface area contributed by atoms with Gasteiger partial charge < -0.3 is 24.3 Å². The van der Waals surface area contributed by atoms with Crippen molar-refractivity contribution in [3.63, 3.8) is 0 Å². The minimum atomic E-state index is -0.671. The fourth-order valence-corrected chi connectivity index (χ4v) is 4.94. The number of likely N-dealkylation sites (N-methyl/N-ethyl adjacent to an activating group) is 1. The second-order valence-corrected chi connectivity index (χ2v) is 8.07. The lowest BCUT2D eigenvalue weighted by Crippen LogP contribution is -2.61. The van der Waals surface area contributed by atoms with E-state index in [2.05, 4.69) is 11.1 Å². The lowest BCUT2D eigenvalue weighted by Gasteiger charge is -2.45. The molecule has 2 atom stereocenters. The van der Waals surface area contributed by atoms with Crippen molar-refractivity contribution in [1.29, 1.82) is 0 Å². The molecular formula is C23H21N3O4. The molecule has 0 aliphatic carbocycles. The summed E-state index contributed by atoms with van der Waals surface area (Å²) in [5, 5.41) is 1.13. The number of H-pyrrole nitrogens is 1. The van der Waals surface area contributed by atoms with Crippen molar-refractivity contribution in [3.8, 4) is 11.5 Å². The zero-order chi connectivity index (χ0) is 20.4. The van der Waals surface area contributed by atoms with Crippen LogP contribution in [0.15, 0.2) is 42.5 Å². The molecule has 152 valence electrons. The molecule has 3 aromatic rings. The highest BCUT2D eigenvalue weighted by Crippen LogP contribution is 2.39. The molecule has 1 aromatic heterocycles. The van der Waals surface area contributed by atoms with Crippen LogP contribution in [0.5, 0.6) is 11.5 Å². The van der Waals surface area contributed by atoms with Crippen LogP contribution in [-0.4, -0.2) is 52.9 Å². The molecule has 30 heavy (non-hydrogen) atoms. The molecule has 6 rings (SSSR count). The number of para-hydroxylation sites is 1. The highest BCUT2D eigenvalue weighted by molar-refractivity contribution is 5.99. The lowest BCUT2D eigenvalue weighted by molar-refractivity contribution is -0.162. The first-order valence-electron chi connectivity index (χ1n) is 10.2. The number of fused-ring (bicyclic) bond motifs is 5. The van der Waals surface area contributed by atoms with Crippen LogP contribution in [0.2, 0.25) is 0 Å². The second kappa shape index (κ2) is 6.26. The van der Waals surface area contributed by atoms with Crippen molar-refractivity contribution < 1.29 is 19.1 Å². The number of carbonyl (C=O) groups is 2. The maximum atomic E-state index is 13.6. The fourth-order valence-electron chi connectivity index (χ4n) is 4.94. The molecule has 0 bridgehead atoms. The van der Waals surface area contributed by atoms with E-state index in [0.29, 0.717) is 37.7 Å². The summed E-state index contributed by atoms with van der Waals surface area (Å²) < 4.78 is 11.3. The van der Waals surface area contributed by atoms with Crippen molar-refractivity contribution in [2.45, 2.75) is 25.0 Å². The normalized spacial score (nSPS) is 22.8. The van der Waals surface area contributed by atoms with E-state index < -0.39 is 12.1 Å². The zero-order valence-electron chi connectivity index (χ0n) is 16.6. The van der Waals surface area contributed by atoms with Gasteiger partial charge in [0, 0.05) is 30.1 Å². The van der Waals surface area contributed by atoms with Gasteiger partial charge in [0.1, 0.15) is 25.3 Å². The molecule has 0 spiro atoms. The summed E-state index contributed by atoms with van der Waals surface area (Å²) in [5.74, 6) is 1.18. The summed E-state index contributed by atoms with van der Waals surface area (Å²) in [6.45, 7) is 1.39. The standard InChI is InChI=1S/C23H21N3O4/c1-25-21(13-6-7-19-20(10-13)30-9-8-29-19)23(28)26-12-17-15(11-18(26)22(25)27)14-4-2-3-5-16(14)24-17/h2-7,10,18,21,24H,8-9,11-12H2,1H3/t18-,21-/m0/s1. The van der Waals surface area contributed by atoms with Crippen LogP contribution in [0.3, 0.4) is 0 Å². The number of hydrogen-bond donors (Lipinski definition) is 1. The number of aromatic nitrogens is 1. The molecule has 1 saturated heterocycles. The minimum Gasteiger partial charge on any atom is -0.486 e. The molecule has 7 nitrogen and oxygen atoms in total. The molecule has 0 radical (unpaired) electrons. The molecule has 2 amide bonds. The smallest absolute Gasteiger partial charge is 0.251 e. The Morgan fingerprint density at radius 1 is 1.00 bits per heavy atom. The Hall–Kier alpha value is -3.48. The average Bonchev–Trinajstić information content (AvgIpc) is 3.14. The Morgan fingerprint density at radius 3 is 2.67 bits per heavy atom.